The first-order valence-electron chi connectivity index (χ1n) is 18.2. The molecule has 0 fully saturated rings. The van der Waals surface area contributed by atoms with Crippen LogP contribution < -0.4 is 41.6 Å². The standard InChI is InChI=1S/C24H20P.C22H32BO2/c1-5-13-21(14-6-1)25(22-15-7-2-8-16-22,23-17-9-3-10-18-23)24-19-11-4-12-20-24;1-5-7-17-23(18-8-6-2,19-9-13-21(24-3)14-10-19)20-11-15-22(25-4)16-12-20/h1-20H;9-16H,5-8,17-18H2,1-4H3/q+1;-1. The zero-order valence-electron chi connectivity index (χ0n) is 30.2. The van der Waals surface area contributed by atoms with Crippen LogP contribution in [0.4, 0.5) is 0 Å². The van der Waals surface area contributed by atoms with E-state index in [4.69, 9.17) is 9.47 Å². The molecular weight excluding hydrogens is 626 g/mol. The molecule has 50 heavy (non-hydrogen) atoms. The average molecular weight is 679 g/mol. The summed E-state index contributed by atoms with van der Waals surface area (Å²) in [5, 5.41) is 5.55. The van der Waals surface area contributed by atoms with Gasteiger partial charge in [-0.15, -0.1) is 0 Å². The predicted octanol–water partition coefficient (Wildman–Crippen LogP) is 9.17. The molecule has 256 valence electrons. The van der Waals surface area contributed by atoms with Gasteiger partial charge < -0.3 is 9.47 Å². The molecule has 4 heteroatoms. The van der Waals surface area contributed by atoms with Gasteiger partial charge in [-0.1, -0.05) is 137 Å². The van der Waals surface area contributed by atoms with E-state index in [0.29, 0.717) is 0 Å². The molecule has 0 aromatic heterocycles. The third-order valence-corrected chi connectivity index (χ3v) is 14.5. The number of rotatable bonds is 14. The molecule has 6 aromatic rings. The molecule has 0 bridgehead atoms. The first-order valence-corrected chi connectivity index (χ1v) is 20.0. The number of hydrogen-bond acceptors (Lipinski definition) is 2. The van der Waals surface area contributed by atoms with Crippen molar-refractivity contribution in [2.24, 2.45) is 0 Å². The second-order valence-corrected chi connectivity index (χ2v) is 16.5. The number of methoxy groups -OCH3 is 2. The van der Waals surface area contributed by atoms with Crippen molar-refractivity contribution in [2.45, 2.75) is 52.2 Å². The van der Waals surface area contributed by atoms with Crippen molar-refractivity contribution in [3.05, 3.63) is 170 Å². The molecular formula is C46H52BO2P. The van der Waals surface area contributed by atoms with Crippen LogP contribution in [0, 0.1) is 0 Å². The maximum atomic E-state index is 5.37. The quantitative estimate of drug-likeness (QED) is 0.0846. The Morgan fingerprint density at radius 2 is 0.680 bits per heavy atom. The Hall–Kier alpha value is -4.59. The smallest absolute Gasteiger partial charge is 0.144 e. The van der Waals surface area contributed by atoms with E-state index in [0.717, 1.165) is 11.5 Å². The molecule has 0 amide bonds. The molecule has 0 radical (unpaired) electrons. The van der Waals surface area contributed by atoms with E-state index in [1.54, 1.807) is 14.2 Å². The lowest BCUT2D eigenvalue weighted by atomic mass is 9.15. The molecule has 0 heterocycles. The molecule has 0 saturated heterocycles. The third-order valence-electron chi connectivity index (χ3n) is 10.2. The number of ether oxygens (including phenoxy) is 2. The van der Waals surface area contributed by atoms with Crippen LogP contribution in [0.2, 0.25) is 12.6 Å². The summed E-state index contributed by atoms with van der Waals surface area (Å²) in [5.74, 6) is 1.85. The largest absolute Gasteiger partial charge is 0.497 e. The van der Waals surface area contributed by atoms with Crippen LogP contribution in [0.1, 0.15) is 39.5 Å². The molecule has 0 aliphatic heterocycles. The summed E-state index contributed by atoms with van der Waals surface area (Å²) in [4.78, 5) is 0. The van der Waals surface area contributed by atoms with Crippen LogP contribution in [-0.4, -0.2) is 20.4 Å². The fraction of sp³-hybridized carbons (Fsp3) is 0.217. The van der Waals surface area contributed by atoms with Gasteiger partial charge in [0.2, 0.25) is 0 Å². The van der Waals surface area contributed by atoms with Crippen LogP contribution >= 0.6 is 7.26 Å². The highest BCUT2D eigenvalue weighted by atomic mass is 31.2. The highest BCUT2D eigenvalue weighted by Gasteiger charge is 2.47. The summed E-state index contributed by atoms with van der Waals surface area (Å²) in [6.07, 6.45) is 6.65. The molecule has 0 aliphatic carbocycles. The van der Waals surface area contributed by atoms with E-state index >= 15 is 0 Å². The third kappa shape index (κ3) is 8.23. The van der Waals surface area contributed by atoms with Crippen LogP contribution in [0.15, 0.2) is 170 Å². The number of hydrogen-bond donors (Lipinski definition) is 0. The molecule has 0 saturated carbocycles. The Balaban J connectivity index is 0.000000194. The van der Waals surface area contributed by atoms with Crippen molar-refractivity contribution in [1.29, 1.82) is 0 Å². The van der Waals surface area contributed by atoms with Crippen LogP contribution in [0.3, 0.4) is 0 Å². The van der Waals surface area contributed by atoms with Crippen molar-refractivity contribution < 1.29 is 9.47 Å². The molecule has 6 rings (SSSR count). The van der Waals surface area contributed by atoms with E-state index in [-0.39, 0.29) is 0 Å². The summed E-state index contributed by atoms with van der Waals surface area (Å²) in [5.41, 5.74) is 2.90. The second kappa shape index (κ2) is 18.4. The number of benzene rings is 6. The van der Waals surface area contributed by atoms with Gasteiger partial charge in [0, 0.05) is 0 Å². The van der Waals surface area contributed by atoms with Crippen molar-refractivity contribution in [1.82, 2.24) is 0 Å². The van der Waals surface area contributed by atoms with Gasteiger partial charge in [0.1, 0.15) is 40.0 Å². The topological polar surface area (TPSA) is 18.5 Å². The first kappa shape index (κ1) is 36.7. The summed E-state index contributed by atoms with van der Waals surface area (Å²) in [6, 6.07) is 61.3. The molecule has 0 spiro atoms. The van der Waals surface area contributed by atoms with Gasteiger partial charge in [0.25, 0.3) is 0 Å². The van der Waals surface area contributed by atoms with Crippen LogP contribution in [-0.2, 0) is 0 Å². The lowest BCUT2D eigenvalue weighted by Crippen LogP contribution is -2.58. The van der Waals surface area contributed by atoms with Crippen LogP contribution in [0.5, 0.6) is 11.5 Å². The van der Waals surface area contributed by atoms with E-state index in [1.807, 2.05) is 0 Å². The maximum absolute atomic E-state index is 5.37. The number of unbranched alkanes of at least 4 members (excludes halogenated alkanes) is 2. The van der Waals surface area contributed by atoms with Gasteiger partial charge in [-0.05, 0) is 72.8 Å². The van der Waals surface area contributed by atoms with Gasteiger partial charge in [-0.3, -0.25) is 0 Å². The van der Waals surface area contributed by atoms with Gasteiger partial charge in [0.05, 0.1) is 20.4 Å². The van der Waals surface area contributed by atoms with E-state index < -0.39 is 13.4 Å². The van der Waals surface area contributed by atoms with Gasteiger partial charge >= 0.3 is 0 Å². The van der Waals surface area contributed by atoms with E-state index in [9.17, 15) is 0 Å². The summed E-state index contributed by atoms with van der Waals surface area (Å²) in [6.45, 7) is 4.56. The summed E-state index contributed by atoms with van der Waals surface area (Å²) in [7, 11) is 1.55. The minimum absolute atomic E-state index is 0.764. The highest BCUT2D eigenvalue weighted by Crippen LogP contribution is 2.54. The predicted molar refractivity (Wildman–Crippen MR) is 222 cm³/mol. The minimum Gasteiger partial charge on any atom is -0.497 e. The lowest BCUT2D eigenvalue weighted by molar-refractivity contribution is 0.415. The fourth-order valence-corrected chi connectivity index (χ4v) is 11.8. The van der Waals surface area contributed by atoms with Gasteiger partial charge in [-0.2, -0.15) is 12.6 Å². The normalized spacial score (nSPS) is 11.3. The van der Waals surface area contributed by atoms with E-state index in [1.165, 1.54) is 70.5 Å². The SMILES string of the molecule is CCCC[B-](CCCC)(c1ccc(OC)cc1)c1ccc(OC)cc1.c1ccc([P+](c2ccccc2)(c2ccccc2)c2ccccc2)cc1. The van der Waals surface area contributed by atoms with Crippen molar-refractivity contribution in [3.63, 3.8) is 0 Å². The molecule has 2 nitrogen and oxygen atoms in total. The first-order chi connectivity index (χ1) is 24.6. The highest BCUT2D eigenvalue weighted by molar-refractivity contribution is 8.01. The molecule has 0 unspecified atom stereocenters. The summed E-state index contributed by atoms with van der Waals surface area (Å²) < 4.78 is 10.7. The molecule has 0 N–H and O–H groups in total. The zero-order chi connectivity index (χ0) is 35.1. The maximum Gasteiger partial charge on any atom is 0.144 e. The van der Waals surface area contributed by atoms with Crippen LogP contribution in [0.25, 0.3) is 0 Å². The Kier molecular flexibility index (Phi) is 13.5. The Morgan fingerprint density at radius 3 is 0.920 bits per heavy atom. The minimum atomic E-state index is -1.91. The molecule has 0 atom stereocenters. The van der Waals surface area contributed by atoms with Crippen molar-refractivity contribution >= 4 is 45.6 Å². The van der Waals surface area contributed by atoms with Gasteiger partial charge in [0.15, 0.2) is 0 Å². The van der Waals surface area contributed by atoms with E-state index in [2.05, 4.69) is 184 Å². The average Bonchev–Trinajstić information content (AvgIpc) is 3.20. The fourth-order valence-electron chi connectivity index (χ4n) is 7.55. The van der Waals surface area contributed by atoms with Crippen molar-refractivity contribution in [2.75, 3.05) is 14.2 Å². The second-order valence-electron chi connectivity index (χ2n) is 13.1. The monoisotopic (exact) mass is 678 g/mol. The van der Waals surface area contributed by atoms with Gasteiger partial charge in [-0.25, -0.2) is 10.9 Å². The Labute approximate surface area is 301 Å². The van der Waals surface area contributed by atoms with Crippen molar-refractivity contribution in [3.8, 4) is 11.5 Å². The lowest BCUT2D eigenvalue weighted by Gasteiger charge is -2.42. The zero-order valence-corrected chi connectivity index (χ0v) is 31.1. The Bertz CT molecular complexity index is 1590. The Morgan fingerprint density at radius 1 is 0.400 bits per heavy atom. The molecule has 0 aliphatic rings. The molecule has 6 aromatic carbocycles. The summed E-state index contributed by atoms with van der Waals surface area (Å²) >= 11 is 0.